The van der Waals surface area contributed by atoms with Crippen molar-refractivity contribution in [3.63, 3.8) is 0 Å². The van der Waals surface area contributed by atoms with Gasteiger partial charge in [-0.2, -0.15) is 0 Å². The van der Waals surface area contributed by atoms with E-state index in [0.717, 1.165) is 11.2 Å². The van der Waals surface area contributed by atoms with Gasteiger partial charge >= 0.3 is 11.9 Å². The van der Waals surface area contributed by atoms with Gasteiger partial charge in [0, 0.05) is 30.8 Å². The maximum absolute atomic E-state index is 12.4. The molecule has 1 atom stereocenters. The maximum Gasteiger partial charge on any atom is 0.346 e. The molecule has 0 saturated heterocycles. The number of aromatic nitrogens is 1. The van der Waals surface area contributed by atoms with Crippen molar-refractivity contribution in [1.82, 2.24) is 4.57 Å². The third-order valence-corrected chi connectivity index (χ3v) is 4.03. The molecule has 0 spiro atoms. The molecular formula is C18H23NO6. The molecule has 25 heavy (non-hydrogen) atoms. The quantitative estimate of drug-likeness (QED) is 0.564. The van der Waals surface area contributed by atoms with Crippen LogP contribution in [0.15, 0.2) is 18.2 Å². The van der Waals surface area contributed by atoms with Crippen molar-refractivity contribution >= 4 is 22.8 Å². The number of fused-ring (bicyclic) bond motifs is 1. The highest BCUT2D eigenvalue weighted by molar-refractivity contribution is 6.06. The van der Waals surface area contributed by atoms with Gasteiger partial charge < -0.3 is 23.5 Å². The molecule has 1 aromatic carbocycles. The number of hydrogen-bond donors (Lipinski definition) is 0. The number of carbonyl (C=O) groups is 2. The Morgan fingerprint density at radius 1 is 1.20 bits per heavy atom. The summed E-state index contributed by atoms with van der Waals surface area (Å²) in [5.41, 5.74) is 2.13. The summed E-state index contributed by atoms with van der Waals surface area (Å²) in [7, 11) is 4.73. The van der Waals surface area contributed by atoms with Crippen LogP contribution >= 0.6 is 0 Å². The first-order chi connectivity index (χ1) is 11.9. The number of aryl methyl sites for hydroxylation is 1. The summed E-state index contributed by atoms with van der Waals surface area (Å²) in [5.74, 6) is -0.413. The summed E-state index contributed by atoms with van der Waals surface area (Å²) in [4.78, 5) is 24.0. The fourth-order valence-electron chi connectivity index (χ4n) is 2.59. The van der Waals surface area contributed by atoms with Gasteiger partial charge in [0.15, 0.2) is 6.10 Å². The zero-order valence-electron chi connectivity index (χ0n) is 15.1. The van der Waals surface area contributed by atoms with E-state index in [1.54, 1.807) is 26.2 Å². The molecule has 0 bridgehead atoms. The molecule has 2 rings (SSSR count). The number of rotatable bonds is 7. The van der Waals surface area contributed by atoms with E-state index >= 15 is 0 Å². The second-order valence-corrected chi connectivity index (χ2v) is 5.61. The third-order valence-electron chi connectivity index (χ3n) is 4.03. The standard InChI is InChI=1S/C18H23NO6/c1-11-16(18(21)24-9-8-22-4)14-10-13(6-7-15(14)19(11)3)25-12(2)17(20)23-5/h6-7,10,12H,8-9H2,1-5H3. The molecule has 7 nitrogen and oxygen atoms in total. The van der Waals surface area contributed by atoms with Gasteiger partial charge in [0.25, 0.3) is 0 Å². The van der Waals surface area contributed by atoms with Crippen molar-refractivity contribution in [3.8, 4) is 5.75 Å². The highest BCUT2D eigenvalue weighted by Gasteiger charge is 2.21. The van der Waals surface area contributed by atoms with Crippen LogP contribution in [0, 0.1) is 6.92 Å². The molecule has 1 heterocycles. The third kappa shape index (κ3) is 3.93. The molecule has 136 valence electrons. The number of benzene rings is 1. The summed E-state index contributed by atoms with van der Waals surface area (Å²) in [6, 6.07) is 5.32. The lowest BCUT2D eigenvalue weighted by Crippen LogP contribution is -2.24. The average Bonchev–Trinajstić information content (AvgIpc) is 2.84. The zero-order chi connectivity index (χ0) is 18.6. The molecule has 2 aromatic rings. The van der Waals surface area contributed by atoms with Crippen LogP contribution in [0.2, 0.25) is 0 Å². The molecule has 1 unspecified atom stereocenters. The second-order valence-electron chi connectivity index (χ2n) is 5.61. The molecule has 0 aliphatic heterocycles. The van der Waals surface area contributed by atoms with Gasteiger partial charge in [-0.1, -0.05) is 0 Å². The molecular weight excluding hydrogens is 326 g/mol. The van der Waals surface area contributed by atoms with E-state index in [0.29, 0.717) is 23.3 Å². The molecule has 1 aromatic heterocycles. The summed E-state index contributed by atoms with van der Waals surface area (Å²) < 4.78 is 22.3. The summed E-state index contributed by atoms with van der Waals surface area (Å²) >= 11 is 0. The first kappa shape index (κ1) is 18.8. The Labute approximate surface area is 146 Å². The van der Waals surface area contributed by atoms with Crippen molar-refractivity contribution in [3.05, 3.63) is 29.5 Å². The minimum absolute atomic E-state index is 0.181. The van der Waals surface area contributed by atoms with Crippen LogP contribution in [0.3, 0.4) is 0 Å². The molecule has 0 saturated carbocycles. The SMILES string of the molecule is COCCOC(=O)c1c(C)n(C)c2ccc(OC(C)C(=O)OC)cc12. The molecule has 7 heteroatoms. The van der Waals surface area contributed by atoms with E-state index in [9.17, 15) is 9.59 Å². The summed E-state index contributed by atoms with van der Waals surface area (Å²) in [6.45, 7) is 3.97. The first-order valence-corrected chi connectivity index (χ1v) is 7.90. The number of hydrogen-bond acceptors (Lipinski definition) is 6. The van der Waals surface area contributed by atoms with Crippen molar-refractivity contribution in [2.24, 2.45) is 7.05 Å². The largest absolute Gasteiger partial charge is 0.479 e. The number of ether oxygens (including phenoxy) is 4. The predicted molar refractivity (Wildman–Crippen MR) is 91.9 cm³/mol. The highest BCUT2D eigenvalue weighted by Crippen LogP contribution is 2.29. The minimum atomic E-state index is -0.746. The molecule has 0 amide bonds. The molecule has 0 aliphatic carbocycles. The lowest BCUT2D eigenvalue weighted by Gasteiger charge is -2.12. The van der Waals surface area contributed by atoms with Crippen LogP contribution in [-0.2, 0) is 26.1 Å². The highest BCUT2D eigenvalue weighted by atomic mass is 16.6. The average molecular weight is 349 g/mol. The zero-order valence-corrected chi connectivity index (χ0v) is 15.1. The summed E-state index contributed by atoms with van der Waals surface area (Å²) in [6.07, 6.45) is -0.746. The van der Waals surface area contributed by atoms with Gasteiger partial charge in [0.05, 0.1) is 19.3 Å². The van der Waals surface area contributed by atoms with Crippen LogP contribution in [-0.4, -0.2) is 50.0 Å². The summed E-state index contributed by atoms with van der Waals surface area (Å²) in [5, 5.41) is 0.706. The van der Waals surface area contributed by atoms with Crippen molar-refractivity contribution in [2.75, 3.05) is 27.4 Å². The van der Waals surface area contributed by atoms with E-state index in [1.807, 2.05) is 24.6 Å². The first-order valence-electron chi connectivity index (χ1n) is 7.90. The molecule has 0 aliphatic rings. The lowest BCUT2D eigenvalue weighted by atomic mass is 10.1. The van der Waals surface area contributed by atoms with Gasteiger partial charge in [0.1, 0.15) is 12.4 Å². The van der Waals surface area contributed by atoms with Crippen LogP contribution in [0.5, 0.6) is 5.75 Å². The van der Waals surface area contributed by atoms with Gasteiger partial charge in [-0.05, 0) is 32.0 Å². The van der Waals surface area contributed by atoms with E-state index in [1.165, 1.54) is 7.11 Å². The van der Waals surface area contributed by atoms with Crippen molar-refractivity contribution in [2.45, 2.75) is 20.0 Å². The van der Waals surface area contributed by atoms with E-state index in [-0.39, 0.29) is 6.61 Å². The Bertz CT molecular complexity index is 779. The van der Waals surface area contributed by atoms with Gasteiger partial charge in [-0.3, -0.25) is 0 Å². The maximum atomic E-state index is 12.4. The number of methoxy groups -OCH3 is 2. The lowest BCUT2D eigenvalue weighted by molar-refractivity contribution is -0.147. The Morgan fingerprint density at radius 2 is 1.92 bits per heavy atom. The monoisotopic (exact) mass is 349 g/mol. The fourth-order valence-corrected chi connectivity index (χ4v) is 2.59. The molecule has 0 radical (unpaired) electrons. The van der Waals surface area contributed by atoms with Crippen LogP contribution < -0.4 is 4.74 Å². The predicted octanol–water partition coefficient (Wildman–Crippen LogP) is 2.23. The van der Waals surface area contributed by atoms with E-state index in [4.69, 9.17) is 14.2 Å². The van der Waals surface area contributed by atoms with Crippen LogP contribution in [0.1, 0.15) is 23.0 Å². The normalized spacial score (nSPS) is 12.0. The smallest absolute Gasteiger partial charge is 0.346 e. The van der Waals surface area contributed by atoms with Crippen molar-refractivity contribution < 1.29 is 28.5 Å². The molecule has 0 N–H and O–H groups in total. The second kappa shape index (κ2) is 8.02. The van der Waals surface area contributed by atoms with E-state index < -0.39 is 18.0 Å². The van der Waals surface area contributed by atoms with Crippen LogP contribution in [0.4, 0.5) is 0 Å². The number of carbonyl (C=O) groups excluding carboxylic acids is 2. The Hall–Kier alpha value is -2.54. The Kier molecular flexibility index (Phi) is 6.03. The van der Waals surface area contributed by atoms with E-state index in [2.05, 4.69) is 4.74 Å². The van der Waals surface area contributed by atoms with Crippen LogP contribution in [0.25, 0.3) is 10.9 Å². The Balaban J connectivity index is 2.37. The van der Waals surface area contributed by atoms with Gasteiger partial charge in [0.2, 0.25) is 0 Å². The van der Waals surface area contributed by atoms with Crippen molar-refractivity contribution in [1.29, 1.82) is 0 Å². The number of esters is 2. The fraction of sp³-hybridized carbons (Fsp3) is 0.444. The Morgan fingerprint density at radius 3 is 2.56 bits per heavy atom. The van der Waals surface area contributed by atoms with Gasteiger partial charge in [-0.25, -0.2) is 9.59 Å². The number of nitrogens with zero attached hydrogens (tertiary/aromatic N) is 1. The van der Waals surface area contributed by atoms with Gasteiger partial charge in [-0.15, -0.1) is 0 Å². The topological polar surface area (TPSA) is 76.0 Å². The molecule has 0 fully saturated rings. The minimum Gasteiger partial charge on any atom is -0.479 e.